The molecule has 1 aromatic carbocycles. The normalized spacial score (nSPS) is 33.3. The summed E-state index contributed by atoms with van der Waals surface area (Å²) in [6.45, 7) is 10.5. The van der Waals surface area contributed by atoms with Gasteiger partial charge in [-0.2, -0.15) is 0 Å². The van der Waals surface area contributed by atoms with Gasteiger partial charge in [0.2, 0.25) is 0 Å². The second-order valence-corrected chi connectivity index (χ2v) is 8.97. The van der Waals surface area contributed by atoms with Crippen molar-refractivity contribution in [3.63, 3.8) is 0 Å². The number of benzene rings is 1. The zero-order valence-electron chi connectivity index (χ0n) is 15.7. The highest BCUT2D eigenvalue weighted by atomic mass is 16.3. The zero-order valence-corrected chi connectivity index (χ0v) is 15.7. The highest BCUT2D eigenvalue weighted by Gasteiger charge is 2.44. The third kappa shape index (κ3) is 3.15. The lowest BCUT2D eigenvalue weighted by molar-refractivity contribution is 0.0809. The van der Waals surface area contributed by atoms with Gasteiger partial charge in [0, 0.05) is 17.2 Å². The first-order valence-electron chi connectivity index (χ1n) is 9.53. The molecule has 0 saturated carbocycles. The minimum atomic E-state index is 0.145. The average molecular weight is 332 g/mol. The summed E-state index contributed by atoms with van der Waals surface area (Å²) in [5.41, 5.74) is 2.64. The molecule has 1 aromatic rings. The van der Waals surface area contributed by atoms with Crippen molar-refractivity contribution in [2.75, 3.05) is 6.54 Å². The van der Waals surface area contributed by atoms with Crippen LogP contribution in [0.5, 0.6) is 11.5 Å². The minimum absolute atomic E-state index is 0.145. The van der Waals surface area contributed by atoms with Gasteiger partial charge in [-0.15, -0.1) is 0 Å². The Kier molecular flexibility index (Phi) is 4.59. The minimum Gasteiger partial charge on any atom is -0.508 e. The van der Waals surface area contributed by atoms with E-state index in [2.05, 4.69) is 33.0 Å². The SMILES string of the molecule is C[C@@H]1CC[C@H]2C(C)(C)NCCC[C@]2(C)CCc2cc(O)cc(O)c21. The van der Waals surface area contributed by atoms with E-state index in [1.807, 2.05) is 6.07 Å². The van der Waals surface area contributed by atoms with E-state index in [0.717, 1.165) is 36.9 Å². The monoisotopic (exact) mass is 331 g/mol. The van der Waals surface area contributed by atoms with E-state index in [4.69, 9.17) is 0 Å². The maximum atomic E-state index is 10.4. The quantitative estimate of drug-likeness (QED) is 0.645. The summed E-state index contributed by atoms with van der Waals surface area (Å²) >= 11 is 0. The number of fused-ring (bicyclic) bond motifs is 2. The molecule has 3 heteroatoms. The Morgan fingerprint density at radius 2 is 1.83 bits per heavy atom. The fourth-order valence-electron chi connectivity index (χ4n) is 5.52. The molecule has 3 rings (SSSR count). The van der Waals surface area contributed by atoms with E-state index in [-0.39, 0.29) is 17.0 Å². The highest BCUT2D eigenvalue weighted by molar-refractivity contribution is 5.47. The van der Waals surface area contributed by atoms with Gasteiger partial charge in [0.25, 0.3) is 0 Å². The lowest BCUT2D eigenvalue weighted by Gasteiger charge is -2.45. The van der Waals surface area contributed by atoms with Crippen molar-refractivity contribution in [3.05, 3.63) is 23.3 Å². The molecule has 0 radical (unpaired) electrons. The van der Waals surface area contributed by atoms with Gasteiger partial charge < -0.3 is 15.5 Å². The Labute approximate surface area is 146 Å². The lowest BCUT2D eigenvalue weighted by atomic mass is 9.63. The summed E-state index contributed by atoms with van der Waals surface area (Å²) in [7, 11) is 0. The molecular weight excluding hydrogens is 298 g/mol. The Bertz CT molecular complexity index is 610. The molecule has 0 aromatic heterocycles. The maximum Gasteiger partial charge on any atom is 0.122 e. The van der Waals surface area contributed by atoms with Gasteiger partial charge in [0.1, 0.15) is 11.5 Å². The Balaban J connectivity index is 2.01. The standard InChI is InChI=1S/C21H33NO2/c1-14-6-7-18-20(2,3)22-11-5-9-21(18,4)10-8-15-12-16(23)13-17(24)19(14)15/h12-14,18,22-24H,5-11H2,1-4H3/t14-,18+,21-/m1/s1. The predicted molar refractivity (Wildman–Crippen MR) is 98.7 cm³/mol. The van der Waals surface area contributed by atoms with Crippen molar-refractivity contribution in [2.45, 2.75) is 77.7 Å². The highest BCUT2D eigenvalue weighted by Crippen LogP contribution is 2.50. The molecule has 0 bridgehead atoms. The van der Waals surface area contributed by atoms with Crippen molar-refractivity contribution in [1.29, 1.82) is 0 Å². The van der Waals surface area contributed by atoms with Crippen LogP contribution in [0.2, 0.25) is 0 Å². The van der Waals surface area contributed by atoms with E-state index in [1.54, 1.807) is 0 Å². The Hall–Kier alpha value is -1.22. The number of aromatic hydroxyl groups is 2. The number of nitrogens with one attached hydrogen (secondary N) is 1. The van der Waals surface area contributed by atoms with Gasteiger partial charge in [-0.05, 0) is 87.8 Å². The van der Waals surface area contributed by atoms with E-state index in [0.29, 0.717) is 17.3 Å². The third-order valence-electron chi connectivity index (χ3n) is 6.79. The van der Waals surface area contributed by atoms with Crippen molar-refractivity contribution >= 4 is 0 Å². The number of phenolic OH excluding ortho intramolecular Hbond substituents is 2. The van der Waals surface area contributed by atoms with Crippen LogP contribution in [-0.2, 0) is 6.42 Å². The van der Waals surface area contributed by atoms with Crippen molar-refractivity contribution in [1.82, 2.24) is 5.32 Å². The van der Waals surface area contributed by atoms with E-state index in [1.165, 1.54) is 25.3 Å². The van der Waals surface area contributed by atoms with Crippen LogP contribution in [0.3, 0.4) is 0 Å². The topological polar surface area (TPSA) is 52.5 Å². The maximum absolute atomic E-state index is 10.4. The Morgan fingerprint density at radius 3 is 2.58 bits per heavy atom. The molecule has 1 saturated heterocycles. The van der Waals surface area contributed by atoms with Crippen LogP contribution in [0.4, 0.5) is 0 Å². The van der Waals surface area contributed by atoms with Crippen molar-refractivity contribution in [2.24, 2.45) is 11.3 Å². The van der Waals surface area contributed by atoms with Gasteiger partial charge in [0.15, 0.2) is 0 Å². The number of rotatable bonds is 0. The molecule has 1 aliphatic carbocycles. The molecule has 2 aliphatic rings. The van der Waals surface area contributed by atoms with Crippen LogP contribution in [0.25, 0.3) is 0 Å². The predicted octanol–water partition coefficient (Wildman–Crippen LogP) is 4.71. The van der Waals surface area contributed by atoms with Crippen LogP contribution in [-0.4, -0.2) is 22.3 Å². The fraction of sp³-hybridized carbons (Fsp3) is 0.714. The summed E-state index contributed by atoms with van der Waals surface area (Å²) in [5.74, 6) is 1.39. The number of hydrogen-bond donors (Lipinski definition) is 3. The zero-order chi connectivity index (χ0) is 17.5. The fourth-order valence-corrected chi connectivity index (χ4v) is 5.52. The van der Waals surface area contributed by atoms with E-state index < -0.39 is 0 Å². The van der Waals surface area contributed by atoms with Gasteiger partial charge in [0.05, 0.1) is 0 Å². The van der Waals surface area contributed by atoms with Crippen LogP contribution in [0, 0.1) is 11.3 Å². The summed E-state index contributed by atoms with van der Waals surface area (Å²) in [4.78, 5) is 0. The lowest BCUT2D eigenvalue weighted by Crippen LogP contribution is -2.50. The summed E-state index contributed by atoms with van der Waals surface area (Å²) in [6, 6.07) is 3.37. The van der Waals surface area contributed by atoms with Crippen LogP contribution < -0.4 is 5.32 Å². The van der Waals surface area contributed by atoms with Crippen LogP contribution in [0.1, 0.15) is 76.8 Å². The number of aryl methyl sites for hydroxylation is 1. The molecule has 3 nitrogen and oxygen atoms in total. The third-order valence-corrected chi connectivity index (χ3v) is 6.79. The molecule has 3 atom stereocenters. The van der Waals surface area contributed by atoms with Crippen LogP contribution in [0.15, 0.2) is 12.1 Å². The second kappa shape index (κ2) is 6.25. The van der Waals surface area contributed by atoms with E-state index >= 15 is 0 Å². The summed E-state index contributed by atoms with van der Waals surface area (Å²) in [6.07, 6.45) is 6.79. The molecule has 1 heterocycles. The summed E-state index contributed by atoms with van der Waals surface area (Å²) < 4.78 is 0. The number of hydrogen-bond acceptors (Lipinski definition) is 3. The number of phenols is 2. The molecule has 24 heavy (non-hydrogen) atoms. The average Bonchev–Trinajstić information content (AvgIpc) is 2.55. The first-order chi connectivity index (χ1) is 11.2. The molecule has 1 aliphatic heterocycles. The molecule has 0 unspecified atom stereocenters. The Morgan fingerprint density at radius 1 is 1.08 bits per heavy atom. The van der Waals surface area contributed by atoms with Gasteiger partial charge in [-0.3, -0.25) is 0 Å². The first kappa shape index (κ1) is 17.6. The van der Waals surface area contributed by atoms with Crippen molar-refractivity contribution < 1.29 is 10.2 Å². The molecular formula is C21H33NO2. The first-order valence-corrected chi connectivity index (χ1v) is 9.53. The van der Waals surface area contributed by atoms with Crippen molar-refractivity contribution in [3.8, 4) is 11.5 Å². The molecule has 0 amide bonds. The van der Waals surface area contributed by atoms with Crippen LogP contribution >= 0.6 is 0 Å². The van der Waals surface area contributed by atoms with E-state index in [9.17, 15) is 10.2 Å². The van der Waals surface area contributed by atoms with Gasteiger partial charge >= 0.3 is 0 Å². The molecule has 134 valence electrons. The summed E-state index contributed by atoms with van der Waals surface area (Å²) in [5, 5.41) is 24.1. The second-order valence-electron chi connectivity index (χ2n) is 8.97. The molecule has 1 fully saturated rings. The molecule has 3 N–H and O–H groups in total. The largest absolute Gasteiger partial charge is 0.508 e. The van der Waals surface area contributed by atoms with Gasteiger partial charge in [-0.1, -0.05) is 13.8 Å². The smallest absolute Gasteiger partial charge is 0.122 e. The molecule has 0 spiro atoms. The van der Waals surface area contributed by atoms with Gasteiger partial charge in [-0.25, -0.2) is 0 Å².